The van der Waals surface area contributed by atoms with Crippen LogP contribution >= 0.6 is 0 Å². The van der Waals surface area contributed by atoms with Gasteiger partial charge in [0, 0.05) is 38.9 Å². The van der Waals surface area contributed by atoms with Gasteiger partial charge in [0.05, 0.1) is 0 Å². The number of hydrogen-bond donors (Lipinski definition) is 0. The van der Waals surface area contributed by atoms with E-state index in [1.54, 1.807) is 14.7 Å². The average molecular weight is 415 g/mol. The van der Waals surface area contributed by atoms with E-state index in [9.17, 15) is 14.4 Å². The van der Waals surface area contributed by atoms with Crippen LogP contribution < -0.4 is 14.7 Å². The molecule has 0 spiro atoms. The first-order chi connectivity index (χ1) is 14.6. The number of amides is 3. The Bertz CT molecular complexity index is 697. The van der Waals surface area contributed by atoms with Crippen molar-refractivity contribution in [1.29, 1.82) is 0 Å². The Morgan fingerprint density at radius 1 is 0.433 bits per heavy atom. The van der Waals surface area contributed by atoms with Crippen molar-refractivity contribution in [2.24, 2.45) is 0 Å². The van der Waals surface area contributed by atoms with Gasteiger partial charge in [-0.25, -0.2) is 0 Å². The maximum Gasteiger partial charge on any atom is 0.238 e. The molecule has 162 valence electrons. The minimum atomic E-state index is -0.0139. The molecule has 0 radical (unpaired) electrons. The normalized spacial score (nSPS) is 22.0. The Labute approximate surface area is 176 Å². The van der Waals surface area contributed by atoms with Crippen LogP contribution in [0.15, 0.2) is 0 Å². The SMILES string of the molecule is O=C1CCCCCN1c1nc(N2CCCCCC2=O)nc(N2CCCCCC2=O)n1. The average Bonchev–Trinajstić information content (AvgIpc) is 3.19. The molecule has 0 aromatic carbocycles. The van der Waals surface area contributed by atoms with E-state index >= 15 is 0 Å². The standard InChI is InChI=1S/C21H30N6O3/c28-16-10-4-1-7-13-25(16)19-22-20(26-14-8-2-5-11-17(26)29)24-21(23-19)27-15-9-3-6-12-18(27)30/h1-15H2. The molecular formula is C21H30N6O3. The zero-order valence-electron chi connectivity index (χ0n) is 17.5. The Morgan fingerprint density at radius 2 is 0.733 bits per heavy atom. The van der Waals surface area contributed by atoms with Gasteiger partial charge in [-0.3, -0.25) is 29.1 Å². The highest BCUT2D eigenvalue weighted by Crippen LogP contribution is 2.26. The van der Waals surface area contributed by atoms with Gasteiger partial charge >= 0.3 is 0 Å². The van der Waals surface area contributed by atoms with Crippen molar-refractivity contribution in [3.8, 4) is 0 Å². The quantitative estimate of drug-likeness (QED) is 0.754. The van der Waals surface area contributed by atoms with E-state index in [-0.39, 0.29) is 35.6 Å². The molecule has 3 aliphatic heterocycles. The van der Waals surface area contributed by atoms with Crippen molar-refractivity contribution in [2.45, 2.75) is 77.0 Å². The molecule has 0 N–H and O–H groups in total. The largest absolute Gasteiger partial charge is 0.281 e. The lowest BCUT2D eigenvalue weighted by atomic mass is 10.2. The fraction of sp³-hybridized carbons (Fsp3) is 0.714. The number of carbonyl (C=O) groups is 3. The summed E-state index contributed by atoms with van der Waals surface area (Å²) in [4.78, 5) is 56.6. The third kappa shape index (κ3) is 4.60. The lowest BCUT2D eigenvalue weighted by molar-refractivity contribution is -0.119. The molecule has 9 heteroatoms. The molecular weight excluding hydrogens is 384 g/mol. The number of hydrogen-bond acceptors (Lipinski definition) is 6. The molecule has 0 saturated carbocycles. The molecule has 4 heterocycles. The van der Waals surface area contributed by atoms with Gasteiger partial charge in [-0.2, -0.15) is 15.0 Å². The predicted molar refractivity (Wildman–Crippen MR) is 112 cm³/mol. The van der Waals surface area contributed by atoms with Gasteiger partial charge in [-0.05, 0) is 38.5 Å². The highest BCUT2D eigenvalue weighted by molar-refractivity contribution is 5.95. The maximum absolute atomic E-state index is 12.7. The number of anilines is 3. The Balaban J connectivity index is 1.75. The first kappa shape index (κ1) is 20.7. The van der Waals surface area contributed by atoms with Crippen molar-refractivity contribution >= 4 is 35.6 Å². The van der Waals surface area contributed by atoms with Crippen LogP contribution in [0, 0.1) is 0 Å². The second kappa shape index (κ2) is 9.49. The molecule has 0 unspecified atom stereocenters. The van der Waals surface area contributed by atoms with Crippen LogP contribution in [-0.2, 0) is 14.4 Å². The Morgan fingerprint density at radius 3 is 1.03 bits per heavy atom. The molecule has 3 amide bonds. The summed E-state index contributed by atoms with van der Waals surface area (Å²) in [6, 6.07) is 0. The Hall–Kier alpha value is -2.58. The number of carbonyl (C=O) groups excluding carboxylic acids is 3. The van der Waals surface area contributed by atoms with E-state index in [2.05, 4.69) is 15.0 Å². The number of aromatic nitrogens is 3. The lowest BCUT2D eigenvalue weighted by Gasteiger charge is -2.25. The molecule has 3 aliphatic rings. The van der Waals surface area contributed by atoms with Crippen LogP contribution in [0.3, 0.4) is 0 Å². The molecule has 1 aromatic rings. The van der Waals surface area contributed by atoms with Gasteiger partial charge in [0.15, 0.2) is 0 Å². The van der Waals surface area contributed by atoms with Crippen molar-refractivity contribution in [2.75, 3.05) is 34.3 Å². The fourth-order valence-electron chi connectivity index (χ4n) is 4.29. The minimum Gasteiger partial charge on any atom is -0.281 e. The first-order valence-electron chi connectivity index (χ1n) is 11.3. The molecule has 4 rings (SSSR count). The van der Waals surface area contributed by atoms with E-state index in [1.165, 1.54) is 0 Å². The highest BCUT2D eigenvalue weighted by atomic mass is 16.2. The molecule has 1 aromatic heterocycles. The van der Waals surface area contributed by atoms with Crippen LogP contribution in [-0.4, -0.2) is 52.3 Å². The molecule has 0 aliphatic carbocycles. The van der Waals surface area contributed by atoms with Crippen molar-refractivity contribution in [1.82, 2.24) is 15.0 Å². The van der Waals surface area contributed by atoms with Crippen LogP contribution in [0.4, 0.5) is 17.8 Å². The van der Waals surface area contributed by atoms with Crippen molar-refractivity contribution < 1.29 is 14.4 Å². The van der Waals surface area contributed by atoms with E-state index in [0.717, 1.165) is 57.8 Å². The van der Waals surface area contributed by atoms with Gasteiger partial charge < -0.3 is 0 Å². The molecule has 0 atom stereocenters. The van der Waals surface area contributed by atoms with Gasteiger partial charge in [-0.1, -0.05) is 19.3 Å². The third-order valence-corrected chi connectivity index (χ3v) is 6.04. The second-order valence-electron chi connectivity index (χ2n) is 8.30. The Kier molecular flexibility index (Phi) is 6.54. The summed E-state index contributed by atoms with van der Waals surface area (Å²) >= 11 is 0. The van der Waals surface area contributed by atoms with Crippen LogP contribution in [0.25, 0.3) is 0 Å². The van der Waals surface area contributed by atoms with Gasteiger partial charge in [-0.15, -0.1) is 0 Å². The van der Waals surface area contributed by atoms with Crippen molar-refractivity contribution in [3.63, 3.8) is 0 Å². The van der Waals surface area contributed by atoms with E-state index in [0.29, 0.717) is 38.9 Å². The predicted octanol–water partition coefficient (Wildman–Crippen LogP) is 2.59. The fourth-order valence-corrected chi connectivity index (χ4v) is 4.29. The molecule has 3 saturated heterocycles. The van der Waals surface area contributed by atoms with Gasteiger partial charge in [0.2, 0.25) is 35.6 Å². The van der Waals surface area contributed by atoms with Gasteiger partial charge in [0.25, 0.3) is 0 Å². The van der Waals surface area contributed by atoms with E-state index < -0.39 is 0 Å². The smallest absolute Gasteiger partial charge is 0.238 e. The van der Waals surface area contributed by atoms with Crippen LogP contribution in [0.1, 0.15) is 77.0 Å². The summed E-state index contributed by atoms with van der Waals surface area (Å²) in [5.41, 5.74) is 0. The summed E-state index contributed by atoms with van der Waals surface area (Å²) in [6.45, 7) is 1.64. The zero-order valence-corrected chi connectivity index (χ0v) is 17.5. The maximum atomic E-state index is 12.7. The lowest BCUT2D eigenvalue weighted by Crippen LogP contribution is -2.38. The number of rotatable bonds is 3. The zero-order chi connectivity index (χ0) is 20.9. The van der Waals surface area contributed by atoms with Gasteiger partial charge in [0.1, 0.15) is 0 Å². The van der Waals surface area contributed by atoms with Crippen LogP contribution in [0.5, 0.6) is 0 Å². The first-order valence-corrected chi connectivity index (χ1v) is 11.3. The molecule has 0 bridgehead atoms. The van der Waals surface area contributed by atoms with Crippen molar-refractivity contribution in [3.05, 3.63) is 0 Å². The third-order valence-electron chi connectivity index (χ3n) is 6.04. The van der Waals surface area contributed by atoms with Crippen LogP contribution in [0.2, 0.25) is 0 Å². The summed E-state index contributed by atoms with van der Waals surface area (Å²) in [7, 11) is 0. The summed E-state index contributed by atoms with van der Waals surface area (Å²) in [6.07, 6.45) is 9.56. The molecule has 3 fully saturated rings. The number of nitrogens with zero attached hydrogens (tertiary/aromatic N) is 6. The molecule has 9 nitrogen and oxygen atoms in total. The van der Waals surface area contributed by atoms with E-state index in [1.807, 2.05) is 0 Å². The summed E-state index contributed by atoms with van der Waals surface area (Å²) in [5.74, 6) is 0.739. The van der Waals surface area contributed by atoms with E-state index in [4.69, 9.17) is 0 Å². The minimum absolute atomic E-state index is 0.0139. The molecule has 30 heavy (non-hydrogen) atoms. The topological polar surface area (TPSA) is 99.6 Å². The summed E-state index contributed by atoms with van der Waals surface area (Å²) in [5, 5.41) is 0. The summed E-state index contributed by atoms with van der Waals surface area (Å²) < 4.78 is 0. The second-order valence-corrected chi connectivity index (χ2v) is 8.30. The highest BCUT2D eigenvalue weighted by Gasteiger charge is 2.29. The monoisotopic (exact) mass is 414 g/mol.